The number of nitrogens with zero attached hydrogens (tertiary/aromatic N) is 1. The van der Waals surface area contributed by atoms with Gasteiger partial charge in [-0.1, -0.05) is 109 Å². The normalized spacial score (nSPS) is 21.5. The number of nitrogens with one attached hydrogen (secondary N) is 5. The number of aliphatic hydroxyl groups excluding tert-OH is 2. The van der Waals surface area contributed by atoms with Gasteiger partial charge in [-0.3, -0.25) is 24.0 Å². The molecule has 2 heterocycles. The van der Waals surface area contributed by atoms with Crippen molar-refractivity contribution in [3.05, 3.63) is 161 Å². The number of fused-ring (bicyclic) bond motifs is 18. The standard InChI is InChI=1S/C47H44N6O9/c48-27-32-13-11-29(12-14-32)24-38-43(57)51-37(25-30-15-19-34(20-16-30)33-9-5-2-6-10-33)42(56)50-36(23-28-7-3-1-4-8-28)44(58)53-39(47(61)62)26-31-17-21-35(22-18-31)49-45(59)40(54)41(55)46(60)52-38/h1-22,36-41,54-55H,23-26H2,(H,49,59)(H,50,56)(H,51,57)(H,52,60)(H,53,58)(H,61,62)/t36-,37+,38-,39+,40-,41-/m1/s1. The van der Waals surface area contributed by atoms with Gasteiger partial charge in [-0.2, -0.15) is 5.26 Å². The number of rotatable bonds is 8. The smallest absolute Gasteiger partial charge is 0.326 e. The largest absolute Gasteiger partial charge is 0.480 e. The van der Waals surface area contributed by atoms with Crippen molar-refractivity contribution in [2.45, 2.75) is 62.1 Å². The number of benzene rings is 5. The highest BCUT2D eigenvalue weighted by atomic mass is 16.4. The van der Waals surface area contributed by atoms with E-state index in [4.69, 9.17) is 0 Å². The summed E-state index contributed by atoms with van der Waals surface area (Å²) in [5, 5.41) is 53.9. The fraction of sp³-hybridized carbons (Fsp3) is 0.213. The quantitative estimate of drug-likeness (QED) is 0.106. The zero-order valence-corrected chi connectivity index (χ0v) is 33.2. The number of carboxylic acid groups (broad SMARTS) is 1. The SMILES string of the molecule is N#Cc1ccc(C[C@H]2NC(=O)[C@H](O)[C@@H](O)C(=O)Nc3ccc(cc3)C[C@@H](C(=O)O)NC(=O)[C@@H](Cc3ccccc3)NC(=O)[C@H](Cc3ccc(-c4ccccc4)cc3)NC2=O)cc1. The third kappa shape index (κ3) is 11.7. The minimum Gasteiger partial charge on any atom is -0.480 e. The first-order valence-electron chi connectivity index (χ1n) is 19.7. The molecule has 0 unspecified atom stereocenters. The first-order valence-corrected chi connectivity index (χ1v) is 19.7. The van der Waals surface area contributed by atoms with Gasteiger partial charge in [0.15, 0.2) is 12.2 Å². The second-order valence-corrected chi connectivity index (χ2v) is 14.8. The second-order valence-electron chi connectivity index (χ2n) is 14.8. The maximum absolute atomic E-state index is 14.5. The molecule has 5 aromatic carbocycles. The van der Waals surface area contributed by atoms with E-state index in [1.807, 2.05) is 48.5 Å². The zero-order chi connectivity index (χ0) is 44.2. The second kappa shape index (κ2) is 20.5. The predicted molar refractivity (Wildman–Crippen MR) is 227 cm³/mol. The molecule has 0 fully saturated rings. The van der Waals surface area contributed by atoms with Gasteiger partial charge < -0.3 is 41.9 Å². The fourth-order valence-electron chi connectivity index (χ4n) is 6.87. The molecule has 6 atom stereocenters. The van der Waals surface area contributed by atoms with E-state index in [1.165, 1.54) is 36.4 Å². The summed E-state index contributed by atoms with van der Waals surface area (Å²) in [6.07, 6.45) is -5.23. The Kier molecular flexibility index (Phi) is 14.5. The molecule has 0 saturated carbocycles. The molecule has 0 spiro atoms. The van der Waals surface area contributed by atoms with Crippen molar-refractivity contribution in [1.29, 1.82) is 5.26 Å². The van der Waals surface area contributed by atoms with Crippen LogP contribution in [0.15, 0.2) is 133 Å². The van der Waals surface area contributed by atoms with E-state index < -0.39 is 71.9 Å². The molecule has 15 heteroatoms. The average molecular weight is 837 g/mol. The van der Waals surface area contributed by atoms with Crippen LogP contribution >= 0.6 is 0 Å². The molecule has 0 saturated heterocycles. The van der Waals surface area contributed by atoms with Crippen molar-refractivity contribution >= 4 is 41.2 Å². The molecule has 0 aromatic heterocycles. The van der Waals surface area contributed by atoms with Crippen LogP contribution < -0.4 is 26.6 Å². The summed E-state index contributed by atoms with van der Waals surface area (Å²) in [5.74, 6) is -6.32. The number of hydrogen-bond donors (Lipinski definition) is 8. The van der Waals surface area contributed by atoms with Gasteiger partial charge in [0.1, 0.15) is 24.2 Å². The summed E-state index contributed by atoms with van der Waals surface area (Å²) < 4.78 is 0. The lowest BCUT2D eigenvalue weighted by Gasteiger charge is -2.27. The Morgan fingerprint density at radius 2 is 0.968 bits per heavy atom. The van der Waals surface area contributed by atoms with Crippen LogP contribution in [-0.2, 0) is 54.5 Å². The van der Waals surface area contributed by atoms with Crippen LogP contribution in [0.5, 0.6) is 0 Å². The Balaban J connectivity index is 1.39. The summed E-state index contributed by atoms with van der Waals surface area (Å²) in [4.78, 5) is 81.8. The van der Waals surface area contributed by atoms with Crippen molar-refractivity contribution in [3.8, 4) is 17.2 Å². The molecule has 0 aliphatic carbocycles. The van der Waals surface area contributed by atoms with Crippen LogP contribution in [-0.4, -0.2) is 87.2 Å². The van der Waals surface area contributed by atoms with Gasteiger partial charge in [0.05, 0.1) is 11.6 Å². The van der Waals surface area contributed by atoms with Crippen LogP contribution in [0.3, 0.4) is 0 Å². The molecule has 8 N–H and O–H groups in total. The van der Waals surface area contributed by atoms with Crippen LogP contribution in [0.4, 0.5) is 5.69 Å². The number of anilines is 1. The number of carbonyl (C=O) groups is 6. The highest BCUT2D eigenvalue weighted by Crippen LogP contribution is 2.20. The number of aliphatic hydroxyl groups is 2. The molecular formula is C47H44N6O9. The van der Waals surface area contributed by atoms with Crippen molar-refractivity contribution in [2.24, 2.45) is 0 Å². The highest BCUT2D eigenvalue weighted by molar-refractivity contribution is 6.00. The third-order valence-electron chi connectivity index (χ3n) is 10.3. The van der Waals surface area contributed by atoms with Gasteiger partial charge in [-0.25, -0.2) is 4.79 Å². The number of amides is 5. The summed E-state index contributed by atoms with van der Waals surface area (Å²) in [5.41, 5.74) is 4.46. The Morgan fingerprint density at radius 1 is 0.532 bits per heavy atom. The van der Waals surface area contributed by atoms with Crippen LogP contribution in [0.2, 0.25) is 0 Å². The van der Waals surface area contributed by atoms with E-state index in [0.717, 1.165) is 11.1 Å². The van der Waals surface area contributed by atoms with Gasteiger partial charge in [-0.05, 0) is 57.6 Å². The summed E-state index contributed by atoms with van der Waals surface area (Å²) in [6.45, 7) is 0. The summed E-state index contributed by atoms with van der Waals surface area (Å²) in [7, 11) is 0. The van der Waals surface area contributed by atoms with Gasteiger partial charge in [0.25, 0.3) is 11.8 Å². The fourth-order valence-corrected chi connectivity index (χ4v) is 6.87. The van der Waals surface area contributed by atoms with Crippen LogP contribution in [0, 0.1) is 11.3 Å². The highest BCUT2D eigenvalue weighted by Gasteiger charge is 2.35. The molecule has 5 amide bonds. The molecule has 0 radical (unpaired) electrons. The number of carboxylic acids is 1. The summed E-state index contributed by atoms with van der Waals surface area (Å²) in [6, 6.07) is 33.7. The van der Waals surface area contributed by atoms with E-state index in [2.05, 4.69) is 26.6 Å². The van der Waals surface area contributed by atoms with E-state index in [-0.39, 0.29) is 31.4 Å². The Hall–Kier alpha value is -7.67. The molecule has 7 rings (SSSR count). The number of carbonyl (C=O) groups excluding carboxylic acids is 5. The van der Waals surface area contributed by atoms with Crippen molar-refractivity contribution in [3.63, 3.8) is 0 Å². The maximum atomic E-state index is 14.5. The molecule has 2 aliphatic rings. The monoisotopic (exact) mass is 836 g/mol. The van der Waals surface area contributed by atoms with Crippen molar-refractivity contribution in [2.75, 3.05) is 5.32 Å². The maximum Gasteiger partial charge on any atom is 0.326 e. The minimum absolute atomic E-state index is 0.0524. The van der Waals surface area contributed by atoms with E-state index in [1.54, 1.807) is 54.6 Å². The van der Waals surface area contributed by atoms with Gasteiger partial charge in [0.2, 0.25) is 17.7 Å². The predicted octanol–water partition coefficient (Wildman–Crippen LogP) is 2.19. The number of nitriles is 1. The molecule has 15 nitrogen and oxygen atoms in total. The van der Waals surface area contributed by atoms with E-state index in [0.29, 0.717) is 27.8 Å². The van der Waals surface area contributed by atoms with Gasteiger partial charge >= 0.3 is 5.97 Å². The summed E-state index contributed by atoms with van der Waals surface area (Å²) >= 11 is 0. The van der Waals surface area contributed by atoms with Crippen LogP contribution in [0.1, 0.15) is 27.8 Å². The molecule has 62 heavy (non-hydrogen) atoms. The lowest BCUT2D eigenvalue weighted by molar-refractivity contribution is -0.145. The first-order chi connectivity index (χ1) is 29.9. The molecule has 5 aromatic rings. The average Bonchev–Trinajstić information content (AvgIpc) is 3.28. The third-order valence-corrected chi connectivity index (χ3v) is 10.3. The topological polar surface area (TPSA) is 247 Å². The molecule has 316 valence electrons. The van der Waals surface area contributed by atoms with Crippen LogP contribution in [0.25, 0.3) is 11.1 Å². The van der Waals surface area contributed by atoms with Crippen molar-refractivity contribution < 1.29 is 44.1 Å². The van der Waals surface area contributed by atoms with Crippen molar-refractivity contribution in [1.82, 2.24) is 21.3 Å². The van der Waals surface area contributed by atoms with E-state index >= 15 is 0 Å². The Labute approximate surface area is 356 Å². The van der Waals surface area contributed by atoms with Gasteiger partial charge in [0, 0.05) is 31.4 Å². The number of hydrogen-bond acceptors (Lipinski definition) is 9. The molecular weight excluding hydrogens is 793 g/mol. The lowest BCUT2D eigenvalue weighted by atomic mass is 9.98. The molecule has 2 bridgehead atoms. The lowest BCUT2D eigenvalue weighted by Crippen LogP contribution is -2.60. The van der Waals surface area contributed by atoms with Gasteiger partial charge in [-0.15, -0.1) is 0 Å². The molecule has 2 aliphatic heterocycles. The van der Waals surface area contributed by atoms with E-state index in [9.17, 15) is 49.3 Å². The number of aliphatic carboxylic acids is 1. The Bertz CT molecular complexity index is 2420. The zero-order valence-electron chi connectivity index (χ0n) is 33.2. The minimum atomic E-state index is -2.35. The Morgan fingerprint density at radius 3 is 1.48 bits per heavy atom. The first kappa shape index (κ1) is 43.9.